The van der Waals surface area contributed by atoms with Gasteiger partial charge in [-0.2, -0.15) is 5.10 Å². The summed E-state index contributed by atoms with van der Waals surface area (Å²) in [5.41, 5.74) is 5.11. The average molecular weight is 370 g/mol. The molecule has 102 valence electrons. The topological polar surface area (TPSA) is 55.9 Å². The van der Waals surface area contributed by atoms with Crippen LogP contribution in [0.3, 0.4) is 0 Å². The van der Waals surface area contributed by atoms with E-state index >= 15 is 0 Å². The largest absolute Gasteiger partial charge is 0.271 e. The smallest absolute Gasteiger partial charge is 0.0644 e. The number of nitrogens with one attached hydrogen (secondary N) is 1. The standard InChI is InChI=1S/C14H19IN4/c1-10(2)19-8-7-13(18-19)9-14(17-16)11-3-5-12(15)6-4-11/h3-8,10,14,17H,9,16H2,1-2H3. The number of hydrogen-bond acceptors (Lipinski definition) is 3. The molecule has 5 heteroatoms. The van der Waals surface area contributed by atoms with Gasteiger partial charge in [0.1, 0.15) is 0 Å². The lowest BCUT2D eigenvalue weighted by Crippen LogP contribution is -2.29. The number of aromatic nitrogens is 2. The van der Waals surface area contributed by atoms with E-state index in [2.05, 4.69) is 77.3 Å². The van der Waals surface area contributed by atoms with Crippen molar-refractivity contribution in [3.05, 3.63) is 51.4 Å². The molecule has 0 saturated heterocycles. The second kappa shape index (κ2) is 6.49. The maximum Gasteiger partial charge on any atom is 0.0644 e. The van der Waals surface area contributed by atoms with E-state index < -0.39 is 0 Å². The van der Waals surface area contributed by atoms with Crippen molar-refractivity contribution in [2.75, 3.05) is 0 Å². The van der Waals surface area contributed by atoms with Gasteiger partial charge in [0.05, 0.1) is 11.7 Å². The van der Waals surface area contributed by atoms with Crippen LogP contribution in [-0.2, 0) is 6.42 Å². The summed E-state index contributed by atoms with van der Waals surface area (Å²) in [6.07, 6.45) is 2.80. The minimum Gasteiger partial charge on any atom is -0.271 e. The molecule has 1 unspecified atom stereocenters. The van der Waals surface area contributed by atoms with Crippen LogP contribution in [0.1, 0.15) is 37.2 Å². The number of nitrogens with two attached hydrogens (primary N) is 1. The molecule has 1 aromatic carbocycles. The van der Waals surface area contributed by atoms with Crippen LogP contribution in [0.5, 0.6) is 0 Å². The van der Waals surface area contributed by atoms with E-state index in [1.54, 1.807) is 0 Å². The van der Waals surface area contributed by atoms with E-state index in [1.807, 2.05) is 10.9 Å². The molecule has 0 fully saturated rings. The van der Waals surface area contributed by atoms with Crippen LogP contribution in [0, 0.1) is 3.57 Å². The molecule has 0 spiro atoms. The number of nitrogens with zero attached hydrogens (tertiary/aromatic N) is 2. The van der Waals surface area contributed by atoms with Crippen molar-refractivity contribution in [1.82, 2.24) is 15.2 Å². The maximum absolute atomic E-state index is 5.67. The van der Waals surface area contributed by atoms with Gasteiger partial charge >= 0.3 is 0 Å². The molecule has 1 atom stereocenters. The van der Waals surface area contributed by atoms with Gasteiger partial charge in [0, 0.05) is 22.2 Å². The summed E-state index contributed by atoms with van der Waals surface area (Å²) < 4.78 is 3.19. The Bertz CT molecular complexity index is 518. The normalized spacial score (nSPS) is 12.9. The molecule has 0 amide bonds. The van der Waals surface area contributed by atoms with Gasteiger partial charge in [-0.3, -0.25) is 16.0 Å². The number of halogens is 1. The number of hydrogen-bond donors (Lipinski definition) is 2. The summed E-state index contributed by atoms with van der Waals surface area (Å²) >= 11 is 2.30. The lowest BCUT2D eigenvalue weighted by atomic mass is 10.0. The monoisotopic (exact) mass is 370 g/mol. The van der Waals surface area contributed by atoms with Gasteiger partial charge < -0.3 is 0 Å². The quantitative estimate of drug-likeness (QED) is 0.484. The molecule has 1 heterocycles. The predicted molar refractivity (Wildman–Crippen MR) is 85.5 cm³/mol. The van der Waals surface area contributed by atoms with E-state index in [1.165, 1.54) is 9.13 Å². The SMILES string of the molecule is CC(C)n1ccc(CC(NN)c2ccc(I)cc2)n1. The highest BCUT2D eigenvalue weighted by Gasteiger charge is 2.12. The molecule has 0 aliphatic heterocycles. The molecule has 2 aromatic rings. The molecule has 2 rings (SSSR count). The summed E-state index contributed by atoms with van der Waals surface area (Å²) in [6.45, 7) is 4.24. The molecular weight excluding hydrogens is 351 g/mol. The van der Waals surface area contributed by atoms with Crippen molar-refractivity contribution < 1.29 is 0 Å². The molecular formula is C14H19IN4. The molecule has 3 N–H and O–H groups in total. The summed E-state index contributed by atoms with van der Waals surface area (Å²) in [7, 11) is 0. The molecule has 0 aliphatic rings. The third kappa shape index (κ3) is 3.77. The molecule has 4 nitrogen and oxygen atoms in total. The number of hydrazine groups is 1. The van der Waals surface area contributed by atoms with Gasteiger partial charge in [0.25, 0.3) is 0 Å². The number of benzene rings is 1. The zero-order valence-corrected chi connectivity index (χ0v) is 13.3. The Kier molecular flexibility index (Phi) is 4.95. The molecule has 0 aliphatic carbocycles. The highest BCUT2D eigenvalue weighted by Crippen LogP contribution is 2.18. The van der Waals surface area contributed by atoms with Gasteiger partial charge in [0.15, 0.2) is 0 Å². The second-order valence-corrected chi connectivity index (χ2v) is 6.10. The molecule has 0 radical (unpaired) electrons. The fourth-order valence-electron chi connectivity index (χ4n) is 1.95. The molecule has 19 heavy (non-hydrogen) atoms. The zero-order chi connectivity index (χ0) is 13.8. The van der Waals surface area contributed by atoms with E-state index in [-0.39, 0.29) is 6.04 Å². The van der Waals surface area contributed by atoms with Crippen LogP contribution in [0.4, 0.5) is 0 Å². The van der Waals surface area contributed by atoms with Crippen molar-refractivity contribution in [3.8, 4) is 0 Å². The fourth-order valence-corrected chi connectivity index (χ4v) is 2.31. The number of rotatable bonds is 5. The lowest BCUT2D eigenvalue weighted by molar-refractivity contribution is 0.507. The van der Waals surface area contributed by atoms with Gasteiger partial charge in [-0.05, 0) is 60.2 Å². The fraction of sp³-hybridized carbons (Fsp3) is 0.357. The van der Waals surface area contributed by atoms with Crippen LogP contribution < -0.4 is 11.3 Å². The Hall–Kier alpha value is -0.920. The Morgan fingerprint density at radius 3 is 2.47 bits per heavy atom. The summed E-state index contributed by atoms with van der Waals surface area (Å²) in [5, 5.41) is 4.56. The summed E-state index contributed by atoms with van der Waals surface area (Å²) in [6, 6.07) is 10.9. The first-order valence-corrected chi connectivity index (χ1v) is 7.43. The van der Waals surface area contributed by atoms with E-state index in [0.717, 1.165) is 12.1 Å². The summed E-state index contributed by atoms with van der Waals surface area (Å²) in [5.74, 6) is 5.67. The summed E-state index contributed by atoms with van der Waals surface area (Å²) in [4.78, 5) is 0. The first kappa shape index (κ1) is 14.5. The Labute approximate surface area is 127 Å². The highest BCUT2D eigenvalue weighted by molar-refractivity contribution is 14.1. The molecule has 0 bridgehead atoms. The van der Waals surface area contributed by atoms with E-state index in [4.69, 9.17) is 5.84 Å². The predicted octanol–water partition coefficient (Wildman–Crippen LogP) is 2.82. The first-order valence-electron chi connectivity index (χ1n) is 6.35. The Morgan fingerprint density at radius 2 is 1.95 bits per heavy atom. The zero-order valence-electron chi connectivity index (χ0n) is 11.2. The minimum atomic E-state index is 0.0903. The molecule has 1 aromatic heterocycles. The van der Waals surface area contributed by atoms with Crippen LogP contribution in [0.2, 0.25) is 0 Å². The maximum atomic E-state index is 5.67. The van der Waals surface area contributed by atoms with Crippen LogP contribution in [0.25, 0.3) is 0 Å². The second-order valence-electron chi connectivity index (χ2n) is 4.86. The van der Waals surface area contributed by atoms with Gasteiger partial charge in [-0.25, -0.2) is 0 Å². The average Bonchev–Trinajstić information content (AvgIpc) is 2.86. The van der Waals surface area contributed by atoms with E-state index in [9.17, 15) is 0 Å². The Morgan fingerprint density at radius 1 is 1.26 bits per heavy atom. The van der Waals surface area contributed by atoms with Crippen LogP contribution in [-0.4, -0.2) is 9.78 Å². The van der Waals surface area contributed by atoms with Gasteiger partial charge in [-0.1, -0.05) is 12.1 Å². The Balaban J connectivity index is 2.12. The van der Waals surface area contributed by atoms with E-state index in [0.29, 0.717) is 6.04 Å². The van der Waals surface area contributed by atoms with Crippen molar-refractivity contribution in [3.63, 3.8) is 0 Å². The van der Waals surface area contributed by atoms with Crippen molar-refractivity contribution >= 4 is 22.6 Å². The van der Waals surface area contributed by atoms with Crippen molar-refractivity contribution in [1.29, 1.82) is 0 Å². The van der Waals surface area contributed by atoms with Crippen LogP contribution >= 0.6 is 22.6 Å². The first-order chi connectivity index (χ1) is 9.10. The van der Waals surface area contributed by atoms with Crippen LogP contribution in [0.15, 0.2) is 36.5 Å². The van der Waals surface area contributed by atoms with Gasteiger partial charge in [-0.15, -0.1) is 0 Å². The van der Waals surface area contributed by atoms with Crippen molar-refractivity contribution in [2.45, 2.75) is 32.4 Å². The minimum absolute atomic E-state index is 0.0903. The lowest BCUT2D eigenvalue weighted by Gasteiger charge is -2.15. The molecule has 0 saturated carbocycles. The third-order valence-corrected chi connectivity index (χ3v) is 3.80. The highest BCUT2D eigenvalue weighted by atomic mass is 127. The third-order valence-electron chi connectivity index (χ3n) is 3.08. The van der Waals surface area contributed by atoms with Crippen molar-refractivity contribution in [2.24, 2.45) is 5.84 Å². The van der Waals surface area contributed by atoms with Gasteiger partial charge in [0.2, 0.25) is 0 Å².